The summed E-state index contributed by atoms with van der Waals surface area (Å²) in [5.41, 5.74) is 8.11. The second-order valence-electron chi connectivity index (χ2n) is 9.24. The maximum absolute atomic E-state index is 6.00. The molecule has 5 rings (SSSR count). The van der Waals surface area contributed by atoms with E-state index in [0.717, 1.165) is 41.5 Å². The van der Waals surface area contributed by atoms with Gasteiger partial charge in [-0.1, -0.05) is 18.2 Å². The van der Waals surface area contributed by atoms with E-state index in [1.54, 1.807) is 0 Å². The lowest BCUT2D eigenvalue weighted by Crippen LogP contribution is -2.30. The molecule has 0 saturated carbocycles. The first-order valence-electron chi connectivity index (χ1n) is 12.0. The zero-order valence-electron chi connectivity index (χ0n) is 19.4. The molecule has 1 aromatic carbocycles. The minimum absolute atomic E-state index is 0.168. The van der Waals surface area contributed by atoms with Crippen LogP contribution in [0.5, 0.6) is 0 Å². The van der Waals surface area contributed by atoms with Crippen LogP contribution in [0, 0.1) is 13.8 Å². The van der Waals surface area contributed by atoms with E-state index in [4.69, 9.17) is 9.73 Å². The largest absolute Gasteiger partial charge is 0.492 e. The Morgan fingerprint density at radius 2 is 2.06 bits per heavy atom. The molecule has 32 heavy (non-hydrogen) atoms. The summed E-state index contributed by atoms with van der Waals surface area (Å²) in [5.74, 6) is 1.28. The fourth-order valence-corrected chi connectivity index (χ4v) is 5.39. The normalized spacial score (nSPS) is 25.6. The summed E-state index contributed by atoms with van der Waals surface area (Å²) in [6.07, 6.45) is 9.21. The van der Waals surface area contributed by atoms with E-state index in [-0.39, 0.29) is 6.04 Å². The van der Waals surface area contributed by atoms with Crippen molar-refractivity contribution >= 4 is 17.5 Å². The van der Waals surface area contributed by atoms with Crippen molar-refractivity contribution in [2.24, 2.45) is 4.99 Å². The molecule has 3 atom stereocenters. The number of nitrogens with one attached hydrogen (secondary N) is 3. The molecule has 2 aromatic rings. The number of fused-ring (bicyclic) bond motifs is 1. The van der Waals surface area contributed by atoms with Crippen LogP contribution < -0.4 is 10.6 Å². The fourth-order valence-electron chi connectivity index (χ4n) is 5.39. The summed E-state index contributed by atoms with van der Waals surface area (Å²) >= 11 is 0. The third kappa shape index (κ3) is 4.14. The molecule has 1 fully saturated rings. The molecule has 1 saturated heterocycles. The van der Waals surface area contributed by atoms with E-state index in [0.29, 0.717) is 18.6 Å². The third-order valence-corrected chi connectivity index (χ3v) is 6.93. The summed E-state index contributed by atoms with van der Waals surface area (Å²) in [5, 5.41) is 7.44. The summed E-state index contributed by atoms with van der Waals surface area (Å²) < 4.78 is 6.00. The van der Waals surface area contributed by atoms with Crippen LogP contribution in [0.15, 0.2) is 52.9 Å². The van der Waals surface area contributed by atoms with Gasteiger partial charge in [0.05, 0.1) is 18.4 Å². The van der Waals surface area contributed by atoms with Gasteiger partial charge in [0.1, 0.15) is 11.5 Å². The van der Waals surface area contributed by atoms with Gasteiger partial charge in [-0.05, 0) is 82.3 Å². The number of rotatable bonds is 7. The Morgan fingerprint density at radius 3 is 2.81 bits per heavy atom. The number of benzene rings is 1. The van der Waals surface area contributed by atoms with Gasteiger partial charge in [-0.3, -0.25) is 0 Å². The van der Waals surface area contributed by atoms with Crippen molar-refractivity contribution in [3.05, 3.63) is 70.4 Å². The number of anilines is 1. The minimum atomic E-state index is 0.168. The van der Waals surface area contributed by atoms with Crippen LogP contribution in [-0.2, 0) is 4.74 Å². The Bertz CT molecular complexity index is 1070. The molecule has 0 amide bonds. The molecule has 3 N–H and O–H groups in total. The number of H-pyrrole nitrogens is 1. The van der Waals surface area contributed by atoms with E-state index < -0.39 is 0 Å². The first kappa shape index (κ1) is 21.1. The second kappa shape index (κ2) is 8.99. The molecular formula is C27H34N4O. The van der Waals surface area contributed by atoms with Crippen LogP contribution in [0.4, 0.5) is 5.69 Å². The first-order valence-corrected chi connectivity index (χ1v) is 12.0. The number of aliphatic imine (C=N–C) groups is 1. The van der Waals surface area contributed by atoms with Crippen LogP contribution in [0.1, 0.15) is 61.0 Å². The topological polar surface area (TPSA) is 61.4 Å². The van der Waals surface area contributed by atoms with Crippen LogP contribution in [0.25, 0.3) is 6.08 Å². The lowest BCUT2D eigenvalue weighted by molar-refractivity contribution is 0.239. The Balaban J connectivity index is 1.45. The van der Waals surface area contributed by atoms with Crippen LogP contribution in [0.3, 0.4) is 0 Å². The number of ether oxygens (including phenoxy) is 1. The van der Waals surface area contributed by atoms with Crippen molar-refractivity contribution in [3.63, 3.8) is 0 Å². The van der Waals surface area contributed by atoms with Gasteiger partial charge < -0.3 is 20.4 Å². The highest BCUT2D eigenvalue weighted by atomic mass is 16.5. The Hall–Kier alpha value is -2.79. The maximum Gasteiger partial charge on any atom is 0.146 e. The highest BCUT2D eigenvalue weighted by molar-refractivity contribution is 6.07. The van der Waals surface area contributed by atoms with Crippen LogP contribution in [0.2, 0.25) is 0 Å². The summed E-state index contributed by atoms with van der Waals surface area (Å²) in [6, 6.07) is 11.7. The van der Waals surface area contributed by atoms with Gasteiger partial charge in [-0.25, -0.2) is 4.99 Å². The van der Waals surface area contributed by atoms with Crippen molar-refractivity contribution in [3.8, 4) is 0 Å². The molecule has 4 heterocycles. The maximum atomic E-state index is 6.00. The lowest BCUT2D eigenvalue weighted by Gasteiger charge is -2.21. The van der Waals surface area contributed by atoms with Crippen molar-refractivity contribution in [2.75, 3.05) is 18.5 Å². The van der Waals surface area contributed by atoms with Crippen molar-refractivity contribution in [2.45, 2.75) is 64.5 Å². The second-order valence-corrected chi connectivity index (χ2v) is 9.24. The number of aromatic nitrogens is 1. The molecule has 0 bridgehead atoms. The highest BCUT2D eigenvalue weighted by Gasteiger charge is 2.37. The van der Waals surface area contributed by atoms with Gasteiger partial charge in [0, 0.05) is 35.1 Å². The molecule has 3 aliphatic rings. The average Bonchev–Trinajstić information content (AvgIpc) is 3.55. The van der Waals surface area contributed by atoms with Gasteiger partial charge in [0.25, 0.3) is 0 Å². The monoisotopic (exact) mass is 430 g/mol. The molecule has 3 aliphatic heterocycles. The number of para-hydroxylation sites is 1. The van der Waals surface area contributed by atoms with Gasteiger partial charge in [0.2, 0.25) is 0 Å². The summed E-state index contributed by atoms with van der Waals surface area (Å²) in [6.45, 7) is 8.03. The zero-order valence-corrected chi connectivity index (χ0v) is 19.4. The molecule has 168 valence electrons. The number of nitrogens with zero attached hydrogens (tertiary/aromatic N) is 1. The lowest BCUT2D eigenvalue weighted by atomic mass is 9.86. The highest BCUT2D eigenvalue weighted by Crippen LogP contribution is 2.41. The third-order valence-electron chi connectivity index (χ3n) is 6.93. The van der Waals surface area contributed by atoms with E-state index in [9.17, 15) is 0 Å². The number of hydrogen-bond donors (Lipinski definition) is 3. The Kier molecular flexibility index (Phi) is 5.92. The zero-order chi connectivity index (χ0) is 22.1. The molecule has 0 aliphatic carbocycles. The smallest absolute Gasteiger partial charge is 0.146 e. The van der Waals surface area contributed by atoms with E-state index in [2.05, 4.69) is 71.9 Å². The first-order chi connectivity index (χ1) is 15.6. The van der Waals surface area contributed by atoms with Crippen molar-refractivity contribution < 1.29 is 4.74 Å². The molecule has 5 heteroatoms. The van der Waals surface area contributed by atoms with Crippen LogP contribution >= 0.6 is 0 Å². The molecule has 5 nitrogen and oxygen atoms in total. The van der Waals surface area contributed by atoms with Gasteiger partial charge >= 0.3 is 0 Å². The van der Waals surface area contributed by atoms with E-state index in [1.807, 2.05) is 6.92 Å². The van der Waals surface area contributed by atoms with Gasteiger partial charge in [0.15, 0.2) is 0 Å². The molecule has 0 radical (unpaired) electrons. The van der Waals surface area contributed by atoms with Crippen molar-refractivity contribution in [1.29, 1.82) is 0 Å². The fraction of sp³-hybridized carbons (Fsp3) is 0.444. The molecule has 1 aromatic heterocycles. The Morgan fingerprint density at radius 1 is 1.19 bits per heavy atom. The van der Waals surface area contributed by atoms with Crippen LogP contribution in [-0.4, -0.2) is 35.9 Å². The summed E-state index contributed by atoms with van der Waals surface area (Å²) in [7, 11) is 0. The Labute approximate surface area is 191 Å². The predicted octanol–water partition coefficient (Wildman–Crippen LogP) is 5.46. The molecule has 0 spiro atoms. The minimum Gasteiger partial charge on any atom is -0.492 e. The molecule has 3 unspecified atom stereocenters. The SMILES string of the molecule is CCOC1=CC(C2Nc3ccccc3C2CCC2CCCN2)=N/C1=C\c1[nH]c(C)cc1C. The standard InChI is InChI=1S/C27H34N4O/c1-4-32-26-16-25(30-24(26)15-23-17(2)14-18(3)29-23)27-21(12-11-19-8-7-13-28-19)20-9-5-6-10-22(20)31-27/h5-6,9-10,14-16,19,21,27-29,31H,4,7-8,11-13H2,1-3H3/b24-15-. The molecular weight excluding hydrogens is 396 g/mol. The number of hydrogen-bond acceptors (Lipinski definition) is 4. The quantitative estimate of drug-likeness (QED) is 0.547. The van der Waals surface area contributed by atoms with E-state index >= 15 is 0 Å². The average molecular weight is 431 g/mol. The van der Waals surface area contributed by atoms with Gasteiger partial charge in [-0.15, -0.1) is 0 Å². The summed E-state index contributed by atoms with van der Waals surface area (Å²) in [4.78, 5) is 8.53. The van der Waals surface area contributed by atoms with E-state index in [1.165, 1.54) is 36.1 Å². The number of aromatic amines is 1. The predicted molar refractivity (Wildman–Crippen MR) is 132 cm³/mol. The number of aryl methyl sites for hydroxylation is 2. The van der Waals surface area contributed by atoms with Crippen molar-refractivity contribution in [1.82, 2.24) is 10.3 Å². The van der Waals surface area contributed by atoms with Gasteiger partial charge in [-0.2, -0.15) is 0 Å².